The molecule has 1 saturated heterocycles. The number of rotatable bonds is 4. The summed E-state index contributed by atoms with van der Waals surface area (Å²) in [5.41, 5.74) is 0. The predicted molar refractivity (Wildman–Crippen MR) is 91.6 cm³/mol. The Morgan fingerprint density at radius 2 is 1.83 bits per heavy atom. The summed E-state index contributed by atoms with van der Waals surface area (Å²) in [6.45, 7) is 5.62. The number of hydrogen-bond acceptors (Lipinski definition) is 7. The molecule has 0 saturated carbocycles. The minimum Gasteiger partial charge on any atom is -0.353 e. The molecule has 1 aliphatic heterocycles. The number of nitrogens with one attached hydrogen (secondary N) is 1. The summed E-state index contributed by atoms with van der Waals surface area (Å²) in [7, 11) is -1.50. The molecule has 3 rings (SSSR count). The second kappa shape index (κ2) is 6.42. The highest BCUT2D eigenvalue weighted by Gasteiger charge is 2.19. The summed E-state index contributed by atoms with van der Waals surface area (Å²) < 4.78 is 27.3. The summed E-state index contributed by atoms with van der Waals surface area (Å²) in [6.07, 6.45) is 0. The van der Waals surface area contributed by atoms with Crippen LogP contribution in [0.15, 0.2) is 28.5 Å². The molecule has 0 unspecified atom stereocenters. The lowest BCUT2D eigenvalue weighted by Crippen LogP contribution is -2.44. The molecule has 1 aliphatic rings. The lowest BCUT2D eigenvalue weighted by molar-refractivity contribution is 0.312. The number of piperazine rings is 1. The molecular formula is C14H19N5O2S2. The van der Waals surface area contributed by atoms with E-state index in [1.165, 1.54) is 11.3 Å². The normalized spacial score (nSPS) is 16.5. The van der Waals surface area contributed by atoms with Crippen molar-refractivity contribution in [1.29, 1.82) is 0 Å². The van der Waals surface area contributed by atoms with E-state index in [1.54, 1.807) is 24.3 Å². The van der Waals surface area contributed by atoms with E-state index >= 15 is 0 Å². The van der Waals surface area contributed by atoms with Crippen LogP contribution in [-0.4, -0.2) is 56.7 Å². The molecule has 2 aromatic rings. The molecule has 124 valence electrons. The summed E-state index contributed by atoms with van der Waals surface area (Å²) in [6, 6.07) is 6.82. The zero-order valence-electron chi connectivity index (χ0n) is 13.1. The van der Waals surface area contributed by atoms with E-state index in [2.05, 4.69) is 31.8 Å². The second-order valence-electron chi connectivity index (χ2n) is 5.54. The van der Waals surface area contributed by atoms with Crippen molar-refractivity contribution >= 4 is 33.0 Å². The first kappa shape index (κ1) is 16.2. The van der Waals surface area contributed by atoms with Crippen molar-refractivity contribution < 1.29 is 8.42 Å². The van der Waals surface area contributed by atoms with Gasteiger partial charge in [-0.05, 0) is 38.2 Å². The summed E-state index contributed by atoms with van der Waals surface area (Å²) in [5, 5.41) is 8.14. The van der Waals surface area contributed by atoms with Crippen molar-refractivity contribution in [1.82, 2.24) is 15.1 Å². The summed E-state index contributed by atoms with van der Waals surface area (Å²) >= 11 is 1.23. The van der Waals surface area contributed by atoms with Crippen LogP contribution in [0.2, 0.25) is 0 Å². The van der Waals surface area contributed by atoms with Crippen LogP contribution in [0.4, 0.5) is 11.6 Å². The number of hydrogen-bond donors (Lipinski definition) is 1. The number of anilines is 2. The summed E-state index contributed by atoms with van der Waals surface area (Å²) in [5.74, 6) is 1.00. The lowest BCUT2D eigenvalue weighted by atomic mass is 10.3. The average molecular weight is 353 g/mol. The van der Waals surface area contributed by atoms with Crippen molar-refractivity contribution in [3.05, 3.63) is 29.1 Å². The van der Waals surface area contributed by atoms with Crippen molar-refractivity contribution in [2.45, 2.75) is 11.1 Å². The molecule has 23 heavy (non-hydrogen) atoms. The largest absolute Gasteiger partial charge is 0.353 e. The molecule has 0 amide bonds. The fraction of sp³-hybridized carbons (Fsp3) is 0.429. The third kappa shape index (κ3) is 3.80. The van der Waals surface area contributed by atoms with E-state index < -0.39 is 10.0 Å². The summed E-state index contributed by atoms with van der Waals surface area (Å²) in [4.78, 5) is 5.35. The third-order valence-corrected chi connectivity index (χ3v) is 6.54. The van der Waals surface area contributed by atoms with E-state index in [1.807, 2.05) is 6.92 Å². The molecule has 0 aliphatic carbocycles. The SMILES string of the molecule is Cc1ccc(S(=O)(=O)Nc2ccc(N3CCN(C)CC3)nn2)s1. The smallest absolute Gasteiger partial charge is 0.272 e. The van der Waals surface area contributed by atoms with Gasteiger partial charge in [0.2, 0.25) is 0 Å². The van der Waals surface area contributed by atoms with Gasteiger partial charge in [0.1, 0.15) is 4.21 Å². The molecule has 0 bridgehead atoms. The van der Waals surface area contributed by atoms with Crippen molar-refractivity contribution in [3.8, 4) is 0 Å². The van der Waals surface area contributed by atoms with E-state index in [0.29, 0.717) is 0 Å². The Bertz CT molecular complexity index is 765. The molecule has 2 aromatic heterocycles. The second-order valence-corrected chi connectivity index (χ2v) is 8.73. The van der Waals surface area contributed by atoms with Gasteiger partial charge in [-0.2, -0.15) is 0 Å². The number of sulfonamides is 1. The maximum atomic E-state index is 12.3. The maximum absolute atomic E-state index is 12.3. The Morgan fingerprint density at radius 3 is 2.39 bits per heavy atom. The molecule has 0 radical (unpaired) electrons. The molecule has 0 aromatic carbocycles. The molecule has 1 N–H and O–H groups in total. The van der Waals surface area contributed by atoms with Gasteiger partial charge >= 0.3 is 0 Å². The van der Waals surface area contributed by atoms with Crippen LogP contribution in [0.25, 0.3) is 0 Å². The number of likely N-dealkylation sites (N-methyl/N-ethyl adjacent to an activating group) is 1. The van der Waals surface area contributed by atoms with Crippen LogP contribution >= 0.6 is 11.3 Å². The van der Waals surface area contributed by atoms with Gasteiger partial charge < -0.3 is 9.80 Å². The maximum Gasteiger partial charge on any atom is 0.272 e. The van der Waals surface area contributed by atoms with Crippen LogP contribution < -0.4 is 9.62 Å². The highest BCUT2D eigenvalue weighted by Crippen LogP contribution is 2.23. The van der Waals surface area contributed by atoms with Crippen LogP contribution in [0.5, 0.6) is 0 Å². The van der Waals surface area contributed by atoms with E-state index in [-0.39, 0.29) is 10.0 Å². The van der Waals surface area contributed by atoms with Crippen molar-refractivity contribution in [2.75, 3.05) is 42.8 Å². The Hall–Kier alpha value is -1.71. The van der Waals surface area contributed by atoms with Gasteiger partial charge in [0.25, 0.3) is 10.0 Å². The minimum absolute atomic E-state index is 0.230. The van der Waals surface area contributed by atoms with Crippen LogP contribution in [0, 0.1) is 6.92 Å². The van der Waals surface area contributed by atoms with Gasteiger partial charge in [0.15, 0.2) is 11.6 Å². The van der Waals surface area contributed by atoms with E-state index in [0.717, 1.165) is 36.9 Å². The van der Waals surface area contributed by atoms with Gasteiger partial charge in [0.05, 0.1) is 0 Å². The van der Waals surface area contributed by atoms with Gasteiger partial charge in [-0.3, -0.25) is 4.72 Å². The molecule has 0 spiro atoms. The zero-order chi connectivity index (χ0) is 16.4. The number of nitrogens with zero attached hydrogens (tertiary/aromatic N) is 4. The first-order chi connectivity index (χ1) is 10.9. The van der Waals surface area contributed by atoms with Crippen LogP contribution in [0.3, 0.4) is 0 Å². The Balaban J connectivity index is 1.70. The number of thiophene rings is 1. The first-order valence-electron chi connectivity index (χ1n) is 7.30. The molecule has 3 heterocycles. The van der Waals surface area contributed by atoms with E-state index in [9.17, 15) is 8.42 Å². The van der Waals surface area contributed by atoms with Gasteiger partial charge in [-0.15, -0.1) is 21.5 Å². The Morgan fingerprint density at radius 1 is 1.09 bits per heavy atom. The van der Waals surface area contributed by atoms with Crippen LogP contribution in [0.1, 0.15) is 4.88 Å². The highest BCUT2D eigenvalue weighted by atomic mass is 32.2. The molecule has 9 heteroatoms. The minimum atomic E-state index is -3.59. The topological polar surface area (TPSA) is 78.4 Å². The zero-order valence-corrected chi connectivity index (χ0v) is 14.7. The number of aryl methyl sites for hydroxylation is 1. The quantitative estimate of drug-likeness (QED) is 0.895. The van der Waals surface area contributed by atoms with E-state index in [4.69, 9.17) is 0 Å². The number of aromatic nitrogens is 2. The predicted octanol–water partition coefficient (Wildman–Crippen LogP) is 1.40. The Labute approximate surface area is 140 Å². The molecule has 0 atom stereocenters. The molecular weight excluding hydrogens is 334 g/mol. The first-order valence-corrected chi connectivity index (χ1v) is 9.60. The highest BCUT2D eigenvalue weighted by molar-refractivity contribution is 7.94. The van der Waals surface area contributed by atoms with Crippen molar-refractivity contribution in [3.63, 3.8) is 0 Å². The Kier molecular flexibility index (Phi) is 4.51. The third-order valence-electron chi connectivity index (χ3n) is 3.70. The van der Waals surface area contributed by atoms with Gasteiger partial charge in [0, 0.05) is 31.1 Å². The standard InChI is InChI=1S/C14H19N5O2S2/c1-11-3-6-14(22-11)23(20,21)17-12-4-5-13(16-15-12)19-9-7-18(2)8-10-19/h3-6H,7-10H2,1-2H3,(H,15,17). The monoisotopic (exact) mass is 353 g/mol. The fourth-order valence-corrected chi connectivity index (χ4v) is 4.61. The molecule has 7 nitrogen and oxygen atoms in total. The lowest BCUT2D eigenvalue weighted by Gasteiger charge is -2.32. The average Bonchev–Trinajstić information content (AvgIpc) is 2.96. The van der Waals surface area contributed by atoms with Crippen LogP contribution in [-0.2, 0) is 10.0 Å². The molecule has 1 fully saturated rings. The fourth-order valence-electron chi connectivity index (χ4n) is 2.33. The van der Waals surface area contributed by atoms with Crippen molar-refractivity contribution in [2.24, 2.45) is 0 Å². The van der Waals surface area contributed by atoms with Gasteiger partial charge in [-0.1, -0.05) is 0 Å². The van der Waals surface area contributed by atoms with Gasteiger partial charge in [-0.25, -0.2) is 8.42 Å².